The van der Waals surface area contributed by atoms with Gasteiger partial charge in [-0.15, -0.1) is 0 Å². The van der Waals surface area contributed by atoms with Crippen LogP contribution in [-0.2, 0) is 18.9 Å². The van der Waals surface area contributed by atoms with Gasteiger partial charge in [-0.2, -0.15) is 0 Å². The Hall–Kier alpha value is -4.05. The average Bonchev–Trinajstić information content (AvgIpc) is 2.95. The number of benzene rings is 1. The number of carbonyl (C=O) groups is 2. The van der Waals surface area contributed by atoms with Crippen LogP contribution in [0.25, 0.3) is 0 Å². The van der Waals surface area contributed by atoms with E-state index in [0.29, 0.717) is 41.3 Å². The minimum atomic E-state index is -1.08. The fraction of sp³-hybridized carbons (Fsp3) is 0.296. The molecule has 1 saturated heterocycles. The van der Waals surface area contributed by atoms with E-state index in [-0.39, 0.29) is 19.2 Å². The van der Waals surface area contributed by atoms with Gasteiger partial charge in [0.15, 0.2) is 0 Å². The Morgan fingerprint density at radius 3 is 2.46 bits per heavy atom. The number of pyridine rings is 1. The number of carbonyl (C=O) groups excluding carboxylic acids is 2. The van der Waals surface area contributed by atoms with Crippen molar-refractivity contribution in [1.29, 1.82) is 0 Å². The summed E-state index contributed by atoms with van der Waals surface area (Å²) < 4.78 is 28.1. The fourth-order valence-electron chi connectivity index (χ4n) is 3.85. The molecule has 0 unspecified atom stereocenters. The summed E-state index contributed by atoms with van der Waals surface area (Å²) in [4.78, 5) is 29.7. The molecule has 2 aromatic rings. The standard InChI is InChI=1S/C27H29BN2O7/c1-19-8-11-21(6-4-5-7-25(19)35-24-14-23(33-3)15-29-16-24)34-22-12-9-20(10-13-22)28-36-26(31)17-30(2)18-27(32)37-28/h4-5,7,9-10,12-16,21H,1,6,8,11,17-18H2,2-3H3/b5-4-,25-7+/t21-/m0/s1. The highest BCUT2D eigenvalue weighted by molar-refractivity contribution is 6.64. The van der Waals surface area contributed by atoms with Crippen LogP contribution in [0.4, 0.5) is 0 Å². The van der Waals surface area contributed by atoms with E-state index in [4.69, 9.17) is 23.5 Å². The van der Waals surface area contributed by atoms with Crippen molar-refractivity contribution in [2.45, 2.75) is 25.4 Å². The number of ether oxygens (including phenoxy) is 3. The maximum absolute atomic E-state index is 12.0. The van der Waals surface area contributed by atoms with Crippen molar-refractivity contribution in [3.05, 3.63) is 78.9 Å². The lowest BCUT2D eigenvalue weighted by Crippen LogP contribution is -2.47. The molecule has 0 N–H and O–H groups in total. The predicted molar refractivity (Wildman–Crippen MR) is 138 cm³/mol. The number of hydrogen-bond acceptors (Lipinski definition) is 9. The number of aromatic nitrogens is 1. The number of methoxy groups -OCH3 is 1. The lowest BCUT2D eigenvalue weighted by molar-refractivity contribution is -0.145. The second-order valence-corrected chi connectivity index (χ2v) is 8.79. The molecule has 1 aliphatic heterocycles. The van der Waals surface area contributed by atoms with Crippen LogP contribution in [0.3, 0.4) is 0 Å². The number of allylic oxidation sites excluding steroid dienone is 3. The summed E-state index contributed by atoms with van der Waals surface area (Å²) in [5.74, 6) is 1.57. The van der Waals surface area contributed by atoms with E-state index < -0.39 is 19.1 Å². The summed E-state index contributed by atoms with van der Waals surface area (Å²) in [6, 6.07) is 8.77. The lowest BCUT2D eigenvalue weighted by Gasteiger charge is -2.23. The molecule has 0 radical (unpaired) electrons. The number of likely N-dealkylation sites (N-methyl/N-ethyl adjacent to an activating group) is 1. The molecule has 9 nitrogen and oxygen atoms in total. The zero-order chi connectivity index (χ0) is 26.2. The summed E-state index contributed by atoms with van der Waals surface area (Å²) in [6.07, 6.45) is 11.1. The summed E-state index contributed by atoms with van der Waals surface area (Å²) >= 11 is 0. The van der Waals surface area contributed by atoms with Gasteiger partial charge < -0.3 is 23.5 Å². The third kappa shape index (κ3) is 7.47. The molecule has 0 saturated carbocycles. The minimum Gasteiger partial charge on any atom is -0.495 e. The molecular weight excluding hydrogens is 475 g/mol. The summed E-state index contributed by atoms with van der Waals surface area (Å²) in [7, 11) is 2.15. The zero-order valence-corrected chi connectivity index (χ0v) is 20.9. The predicted octanol–water partition coefficient (Wildman–Crippen LogP) is 2.82. The van der Waals surface area contributed by atoms with E-state index in [2.05, 4.69) is 11.6 Å². The van der Waals surface area contributed by atoms with Crippen LogP contribution in [0.1, 0.15) is 19.3 Å². The molecule has 1 atom stereocenters. The number of nitrogens with zero attached hydrogens (tertiary/aromatic N) is 2. The first-order chi connectivity index (χ1) is 17.9. The van der Waals surface area contributed by atoms with E-state index in [9.17, 15) is 9.59 Å². The molecule has 1 aromatic heterocycles. The number of hydrogen-bond donors (Lipinski definition) is 0. The van der Waals surface area contributed by atoms with Crippen molar-refractivity contribution in [2.75, 3.05) is 27.2 Å². The largest absolute Gasteiger partial charge is 0.636 e. The van der Waals surface area contributed by atoms with Crippen molar-refractivity contribution in [3.63, 3.8) is 0 Å². The van der Waals surface area contributed by atoms with Crippen molar-refractivity contribution >= 4 is 24.5 Å². The second-order valence-electron chi connectivity index (χ2n) is 8.79. The molecule has 1 aliphatic carbocycles. The van der Waals surface area contributed by atoms with Gasteiger partial charge in [0.1, 0.15) is 29.1 Å². The number of rotatable bonds is 6. The van der Waals surface area contributed by atoms with Crippen LogP contribution in [0, 0.1) is 0 Å². The Labute approximate surface area is 216 Å². The Bertz CT molecular complexity index is 1180. The van der Waals surface area contributed by atoms with Crippen molar-refractivity contribution in [1.82, 2.24) is 9.88 Å². The van der Waals surface area contributed by atoms with Crippen molar-refractivity contribution in [2.24, 2.45) is 0 Å². The van der Waals surface area contributed by atoms with Gasteiger partial charge in [-0.1, -0.05) is 30.9 Å². The highest BCUT2D eigenvalue weighted by Gasteiger charge is 2.33. The van der Waals surface area contributed by atoms with Crippen LogP contribution >= 0.6 is 0 Å². The van der Waals surface area contributed by atoms with E-state index in [1.807, 2.05) is 18.2 Å². The van der Waals surface area contributed by atoms with Crippen LogP contribution in [0.15, 0.2) is 78.9 Å². The third-order valence-electron chi connectivity index (χ3n) is 5.78. The first-order valence-corrected chi connectivity index (χ1v) is 12.0. The van der Waals surface area contributed by atoms with Gasteiger partial charge in [-0.25, -0.2) is 0 Å². The van der Waals surface area contributed by atoms with Crippen molar-refractivity contribution < 1.29 is 33.1 Å². The van der Waals surface area contributed by atoms with E-state index in [1.54, 1.807) is 61.8 Å². The monoisotopic (exact) mass is 504 g/mol. The highest BCUT2D eigenvalue weighted by Crippen LogP contribution is 2.26. The molecule has 1 aromatic carbocycles. The van der Waals surface area contributed by atoms with Crippen LogP contribution < -0.4 is 19.7 Å². The molecular formula is C27H29BN2O7. The zero-order valence-electron chi connectivity index (χ0n) is 20.9. The molecule has 2 heterocycles. The van der Waals surface area contributed by atoms with Crippen LogP contribution in [-0.4, -0.2) is 62.3 Å². The lowest BCUT2D eigenvalue weighted by atomic mass is 9.78. The maximum Gasteiger partial charge on any atom is 0.636 e. The third-order valence-corrected chi connectivity index (χ3v) is 5.78. The molecule has 0 bridgehead atoms. The molecule has 2 aliphatic rings. The average molecular weight is 504 g/mol. The van der Waals surface area contributed by atoms with Gasteiger partial charge in [0.25, 0.3) is 0 Å². The Morgan fingerprint density at radius 2 is 1.76 bits per heavy atom. The molecule has 0 amide bonds. The van der Waals surface area contributed by atoms with Gasteiger partial charge in [-0.05, 0) is 43.7 Å². The van der Waals surface area contributed by atoms with Gasteiger partial charge in [-0.3, -0.25) is 19.5 Å². The second kappa shape index (κ2) is 12.3. The Kier molecular flexibility index (Phi) is 8.63. The van der Waals surface area contributed by atoms with E-state index in [1.165, 1.54) is 0 Å². The first kappa shape index (κ1) is 26.0. The molecule has 0 spiro atoms. The molecule has 1 fully saturated rings. The first-order valence-electron chi connectivity index (χ1n) is 12.0. The smallest absolute Gasteiger partial charge is 0.495 e. The summed E-state index contributed by atoms with van der Waals surface area (Å²) in [6.45, 7) is 4.23. The van der Waals surface area contributed by atoms with Gasteiger partial charge in [0.05, 0.1) is 32.6 Å². The van der Waals surface area contributed by atoms with Crippen LogP contribution in [0.5, 0.6) is 17.2 Å². The van der Waals surface area contributed by atoms with E-state index in [0.717, 1.165) is 12.0 Å². The highest BCUT2D eigenvalue weighted by atomic mass is 16.6. The van der Waals surface area contributed by atoms with Gasteiger partial charge in [0.2, 0.25) is 0 Å². The maximum atomic E-state index is 12.0. The quantitative estimate of drug-likeness (QED) is 0.551. The SMILES string of the molecule is C=C1CC[C@@H](Oc2ccc(B3OC(=O)CN(C)CC(=O)O3)cc2)C/C=C\C=C/1Oc1cncc(OC)c1. The Morgan fingerprint density at radius 1 is 1.05 bits per heavy atom. The molecule has 4 rings (SSSR count). The van der Waals surface area contributed by atoms with Gasteiger partial charge in [0, 0.05) is 17.9 Å². The Balaban J connectivity index is 1.35. The molecule has 37 heavy (non-hydrogen) atoms. The topological polar surface area (TPSA) is 96.4 Å². The van der Waals surface area contributed by atoms with Crippen LogP contribution in [0.2, 0.25) is 0 Å². The van der Waals surface area contributed by atoms with Gasteiger partial charge >= 0.3 is 19.1 Å². The normalized spacial score (nSPS) is 21.6. The molecule has 10 heteroatoms. The molecule has 192 valence electrons. The fourth-order valence-corrected chi connectivity index (χ4v) is 3.85. The minimum absolute atomic E-state index is 0.0192. The van der Waals surface area contributed by atoms with E-state index >= 15 is 0 Å². The summed E-state index contributed by atoms with van der Waals surface area (Å²) in [5.41, 5.74) is 1.40. The summed E-state index contributed by atoms with van der Waals surface area (Å²) in [5, 5.41) is 0. The van der Waals surface area contributed by atoms with Crippen molar-refractivity contribution in [3.8, 4) is 17.2 Å².